The monoisotopic (exact) mass is 239 g/mol. The van der Waals surface area contributed by atoms with Crippen molar-refractivity contribution in [3.63, 3.8) is 0 Å². The van der Waals surface area contributed by atoms with Crippen molar-refractivity contribution in [3.05, 3.63) is 5.69 Å². The van der Waals surface area contributed by atoms with E-state index in [1.165, 1.54) is 0 Å². The fraction of sp³-hybridized carbons (Fsp3) is 0.636. The summed E-state index contributed by atoms with van der Waals surface area (Å²) in [5, 5.41) is 7.35. The average molecular weight is 239 g/mol. The number of anilines is 2. The lowest BCUT2D eigenvalue weighted by Gasteiger charge is -2.23. The van der Waals surface area contributed by atoms with Crippen molar-refractivity contribution in [2.75, 3.05) is 11.1 Å². The highest BCUT2D eigenvalue weighted by Crippen LogP contribution is 2.25. The molecule has 0 aliphatic carbocycles. The van der Waals surface area contributed by atoms with Gasteiger partial charge in [0.25, 0.3) is 0 Å². The summed E-state index contributed by atoms with van der Waals surface area (Å²) in [4.78, 5) is 11.3. The lowest BCUT2D eigenvalue weighted by molar-refractivity contribution is -0.121. The van der Waals surface area contributed by atoms with Crippen LogP contribution in [0.1, 0.15) is 32.9 Å². The molecule has 6 nitrogen and oxygen atoms in total. The van der Waals surface area contributed by atoms with Crippen LogP contribution in [0.3, 0.4) is 0 Å². The van der Waals surface area contributed by atoms with Crippen LogP contribution in [0.5, 0.6) is 0 Å². The van der Waals surface area contributed by atoms with E-state index in [2.05, 4.69) is 17.3 Å². The number of nitrogens with two attached hydrogens (primary N) is 2. The average Bonchev–Trinajstić information content (AvgIpc) is 2.46. The zero-order valence-corrected chi connectivity index (χ0v) is 10.9. The van der Waals surface area contributed by atoms with E-state index in [-0.39, 0.29) is 0 Å². The van der Waals surface area contributed by atoms with Gasteiger partial charge in [-0.25, -0.2) is 0 Å². The van der Waals surface area contributed by atoms with E-state index >= 15 is 0 Å². The number of carbonyl (C=O) groups excluding carboxylic acids is 1. The lowest BCUT2D eigenvalue weighted by Crippen LogP contribution is -2.45. The summed E-state index contributed by atoms with van der Waals surface area (Å²) in [6, 6.07) is 0. The topological polar surface area (TPSA) is 99.0 Å². The molecule has 5 N–H and O–H groups in total. The first-order valence-electron chi connectivity index (χ1n) is 5.69. The van der Waals surface area contributed by atoms with Crippen molar-refractivity contribution in [2.45, 2.75) is 39.2 Å². The van der Waals surface area contributed by atoms with Crippen LogP contribution in [0.4, 0.5) is 11.5 Å². The molecule has 1 amide bonds. The molecule has 1 aromatic rings. The van der Waals surface area contributed by atoms with Gasteiger partial charge in [0.2, 0.25) is 5.91 Å². The molecule has 0 saturated carbocycles. The minimum absolute atomic E-state index is 0.435. The van der Waals surface area contributed by atoms with Crippen molar-refractivity contribution in [1.82, 2.24) is 9.78 Å². The fourth-order valence-corrected chi connectivity index (χ4v) is 1.52. The third kappa shape index (κ3) is 2.69. The Balaban J connectivity index is 3.03. The predicted octanol–water partition coefficient (Wildman–Crippen LogP) is 0.631. The number of hydrogen-bond acceptors (Lipinski definition) is 4. The van der Waals surface area contributed by atoms with Gasteiger partial charge in [0, 0.05) is 7.05 Å². The third-order valence-corrected chi connectivity index (χ3v) is 2.69. The van der Waals surface area contributed by atoms with Gasteiger partial charge < -0.3 is 16.8 Å². The van der Waals surface area contributed by atoms with Crippen molar-refractivity contribution in [2.24, 2.45) is 12.8 Å². The van der Waals surface area contributed by atoms with E-state index in [1.54, 1.807) is 25.6 Å². The number of rotatable bonds is 5. The highest BCUT2D eigenvalue weighted by atomic mass is 16.1. The van der Waals surface area contributed by atoms with Crippen molar-refractivity contribution < 1.29 is 4.79 Å². The summed E-state index contributed by atoms with van der Waals surface area (Å²) in [5.41, 5.74) is 11.9. The largest absolute Gasteiger partial charge is 0.394 e. The molecule has 0 unspecified atom stereocenters. The molecule has 0 atom stereocenters. The molecular weight excluding hydrogens is 218 g/mol. The Kier molecular flexibility index (Phi) is 3.65. The molecule has 0 radical (unpaired) electrons. The maximum absolute atomic E-state index is 11.3. The Morgan fingerprint density at radius 3 is 2.59 bits per heavy atom. The quantitative estimate of drug-likeness (QED) is 0.701. The molecule has 0 bridgehead atoms. The molecule has 1 aromatic heterocycles. The Hall–Kier alpha value is -1.72. The van der Waals surface area contributed by atoms with Gasteiger partial charge in [0.1, 0.15) is 11.4 Å². The van der Waals surface area contributed by atoms with Gasteiger partial charge in [-0.2, -0.15) is 5.10 Å². The van der Waals surface area contributed by atoms with Crippen LogP contribution in [-0.2, 0) is 18.3 Å². The molecule has 0 aliphatic heterocycles. The van der Waals surface area contributed by atoms with Crippen LogP contribution in [0, 0.1) is 0 Å². The number of nitrogens with zero attached hydrogens (tertiary/aromatic N) is 2. The number of primary amides is 1. The minimum Gasteiger partial charge on any atom is -0.394 e. The molecule has 1 rings (SSSR count). The number of aromatic nitrogens is 2. The molecule has 96 valence electrons. The Morgan fingerprint density at radius 1 is 1.53 bits per heavy atom. The summed E-state index contributed by atoms with van der Waals surface area (Å²) in [7, 11) is 1.79. The summed E-state index contributed by atoms with van der Waals surface area (Å²) >= 11 is 0. The molecule has 0 fully saturated rings. The SMILES string of the molecule is CCCc1nn(C)c(NC(C)(C)C(N)=O)c1N. The molecule has 0 spiro atoms. The van der Waals surface area contributed by atoms with Crippen LogP contribution >= 0.6 is 0 Å². The number of nitrogen functional groups attached to an aromatic ring is 1. The van der Waals surface area contributed by atoms with Gasteiger partial charge in [0.05, 0.1) is 11.4 Å². The first-order valence-corrected chi connectivity index (χ1v) is 5.69. The number of carbonyl (C=O) groups is 1. The maximum Gasteiger partial charge on any atom is 0.242 e. The number of hydrogen-bond donors (Lipinski definition) is 3. The van der Waals surface area contributed by atoms with E-state index in [0.29, 0.717) is 11.5 Å². The van der Waals surface area contributed by atoms with Crippen LogP contribution in [0.25, 0.3) is 0 Å². The standard InChI is InChI=1S/C11H21N5O/c1-5-6-7-8(12)9(16(4)15-7)14-11(2,3)10(13)17/h14H,5-6,12H2,1-4H3,(H2,13,17). The lowest BCUT2D eigenvalue weighted by atomic mass is 10.1. The molecular formula is C11H21N5O. The van der Waals surface area contributed by atoms with E-state index in [1.807, 2.05) is 0 Å². The van der Waals surface area contributed by atoms with Gasteiger partial charge in [-0.3, -0.25) is 9.48 Å². The summed E-state index contributed by atoms with van der Waals surface area (Å²) < 4.78 is 1.64. The highest BCUT2D eigenvalue weighted by Gasteiger charge is 2.27. The van der Waals surface area contributed by atoms with E-state index in [9.17, 15) is 4.79 Å². The number of aryl methyl sites for hydroxylation is 2. The van der Waals surface area contributed by atoms with Gasteiger partial charge in [-0.05, 0) is 20.3 Å². The van der Waals surface area contributed by atoms with Crippen molar-refractivity contribution in [1.29, 1.82) is 0 Å². The Morgan fingerprint density at radius 2 is 2.12 bits per heavy atom. The van der Waals surface area contributed by atoms with Crippen molar-refractivity contribution >= 4 is 17.4 Å². The summed E-state index contributed by atoms with van der Waals surface area (Å²) in [5.74, 6) is 0.201. The molecule has 6 heteroatoms. The highest BCUT2D eigenvalue weighted by molar-refractivity contribution is 5.87. The van der Waals surface area contributed by atoms with E-state index < -0.39 is 11.4 Å². The molecule has 0 aromatic carbocycles. The second kappa shape index (κ2) is 4.65. The van der Waals surface area contributed by atoms with Gasteiger partial charge in [-0.15, -0.1) is 0 Å². The van der Waals surface area contributed by atoms with Crippen molar-refractivity contribution in [3.8, 4) is 0 Å². The first-order chi connectivity index (χ1) is 7.79. The molecule has 17 heavy (non-hydrogen) atoms. The van der Waals surface area contributed by atoms with E-state index in [0.717, 1.165) is 18.5 Å². The van der Waals surface area contributed by atoms with Gasteiger partial charge in [0.15, 0.2) is 0 Å². The molecule has 1 heterocycles. The molecule has 0 saturated heterocycles. The number of nitrogens with one attached hydrogen (secondary N) is 1. The van der Waals surface area contributed by atoms with Crippen LogP contribution < -0.4 is 16.8 Å². The smallest absolute Gasteiger partial charge is 0.242 e. The summed E-state index contributed by atoms with van der Waals surface area (Å²) in [6.07, 6.45) is 1.79. The zero-order chi connectivity index (χ0) is 13.2. The van der Waals surface area contributed by atoms with Crippen LogP contribution in [0.15, 0.2) is 0 Å². The third-order valence-electron chi connectivity index (χ3n) is 2.69. The number of amides is 1. The maximum atomic E-state index is 11.3. The van der Waals surface area contributed by atoms with Gasteiger partial charge >= 0.3 is 0 Å². The zero-order valence-electron chi connectivity index (χ0n) is 10.9. The summed E-state index contributed by atoms with van der Waals surface area (Å²) in [6.45, 7) is 5.48. The first kappa shape index (κ1) is 13.3. The van der Waals surface area contributed by atoms with E-state index in [4.69, 9.17) is 11.5 Å². The van der Waals surface area contributed by atoms with Crippen LogP contribution in [-0.4, -0.2) is 21.2 Å². The Bertz CT molecular complexity index is 422. The fourth-order valence-electron chi connectivity index (χ4n) is 1.52. The second-order valence-electron chi connectivity index (χ2n) is 4.70. The Labute approximate surface area is 101 Å². The molecule has 0 aliphatic rings. The second-order valence-corrected chi connectivity index (χ2v) is 4.70. The van der Waals surface area contributed by atoms with Gasteiger partial charge in [-0.1, -0.05) is 13.3 Å². The predicted molar refractivity (Wildman–Crippen MR) is 68.5 cm³/mol. The normalized spacial score (nSPS) is 11.5. The minimum atomic E-state index is -0.856. The van der Waals surface area contributed by atoms with Crippen LogP contribution in [0.2, 0.25) is 0 Å².